The van der Waals surface area contributed by atoms with Crippen LogP contribution in [-0.4, -0.2) is 11.8 Å². The summed E-state index contributed by atoms with van der Waals surface area (Å²) in [7, 11) is 0. The Morgan fingerprint density at radius 1 is 0.783 bits per heavy atom. The molecule has 4 rings (SSSR count). The first-order valence-corrected chi connectivity index (χ1v) is 7.43. The van der Waals surface area contributed by atoms with E-state index in [2.05, 4.69) is 22.8 Å². The first kappa shape index (κ1) is 13.5. The van der Waals surface area contributed by atoms with Crippen molar-refractivity contribution in [1.82, 2.24) is 5.32 Å². The van der Waals surface area contributed by atoms with Crippen molar-refractivity contribution in [2.24, 2.45) is 0 Å². The van der Waals surface area contributed by atoms with Crippen LogP contribution in [0.5, 0.6) is 0 Å². The van der Waals surface area contributed by atoms with E-state index >= 15 is 0 Å². The third-order valence-electron chi connectivity index (χ3n) is 4.08. The van der Waals surface area contributed by atoms with Gasteiger partial charge in [0.1, 0.15) is 0 Å². The lowest BCUT2D eigenvalue weighted by Crippen LogP contribution is -2.34. The summed E-state index contributed by atoms with van der Waals surface area (Å²) < 4.78 is 0. The molecule has 0 radical (unpaired) electrons. The molecular weight excluding hydrogens is 288 g/mol. The summed E-state index contributed by atoms with van der Waals surface area (Å²) in [5.41, 5.74) is 3.17. The molecule has 3 aromatic rings. The molecule has 1 heterocycles. The monoisotopic (exact) mass is 302 g/mol. The van der Waals surface area contributed by atoms with Gasteiger partial charge in [0.05, 0.1) is 0 Å². The maximum atomic E-state index is 12.0. The van der Waals surface area contributed by atoms with Crippen LogP contribution in [0.2, 0.25) is 0 Å². The highest BCUT2D eigenvalue weighted by Crippen LogP contribution is 2.32. The lowest BCUT2D eigenvalue weighted by atomic mass is 9.94. The van der Waals surface area contributed by atoms with Gasteiger partial charge in [-0.05, 0) is 23.8 Å². The van der Waals surface area contributed by atoms with E-state index in [-0.39, 0.29) is 11.8 Å². The first-order valence-electron chi connectivity index (χ1n) is 7.43. The molecule has 4 nitrogen and oxygen atoms in total. The number of carbonyl (C=O) groups is 2. The molecule has 2 amide bonds. The van der Waals surface area contributed by atoms with E-state index in [1.807, 2.05) is 36.4 Å². The average molecular weight is 302 g/mol. The van der Waals surface area contributed by atoms with Crippen LogP contribution in [0.25, 0.3) is 10.8 Å². The van der Waals surface area contributed by atoms with Crippen molar-refractivity contribution in [1.29, 1.82) is 0 Å². The molecule has 0 spiro atoms. The van der Waals surface area contributed by atoms with E-state index in [1.54, 1.807) is 12.1 Å². The van der Waals surface area contributed by atoms with Crippen LogP contribution in [0, 0.1) is 0 Å². The molecule has 2 N–H and O–H groups in total. The Kier molecular flexibility index (Phi) is 3.08. The van der Waals surface area contributed by atoms with Gasteiger partial charge in [0.25, 0.3) is 11.8 Å². The minimum atomic E-state index is -0.340. The van der Waals surface area contributed by atoms with E-state index in [4.69, 9.17) is 0 Å². The van der Waals surface area contributed by atoms with Gasteiger partial charge in [-0.1, -0.05) is 42.5 Å². The van der Waals surface area contributed by atoms with Gasteiger partial charge in [-0.15, -0.1) is 0 Å². The second-order valence-corrected chi connectivity index (χ2v) is 5.51. The van der Waals surface area contributed by atoms with Gasteiger partial charge in [-0.2, -0.15) is 0 Å². The van der Waals surface area contributed by atoms with Gasteiger partial charge in [0.15, 0.2) is 0 Å². The number of benzene rings is 3. The van der Waals surface area contributed by atoms with Gasteiger partial charge in [0.2, 0.25) is 0 Å². The van der Waals surface area contributed by atoms with Crippen LogP contribution in [0.4, 0.5) is 5.69 Å². The van der Waals surface area contributed by atoms with Crippen molar-refractivity contribution in [3.8, 4) is 0 Å². The summed E-state index contributed by atoms with van der Waals surface area (Å²) in [4.78, 5) is 24.0. The zero-order valence-corrected chi connectivity index (χ0v) is 12.3. The van der Waals surface area contributed by atoms with Crippen LogP contribution in [0.3, 0.4) is 0 Å². The minimum absolute atomic E-state index is 0.340. The summed E-state index contributed by atoms with van der Waals surface area (Å²) in [6.45, 7) is 0.680. The standard InChI is InChI=1S/C19H14N2O2/c22-18-14-8-4-7-13-16(20-11-12-5-2-1-3-6-12)10-9-15(17(13)14)19(23)21-18/h1-10,20H,11H2,(H,21,22,23). The predicted octanol–water partition coefficient (Wildman–Crippen LogP) is 3.34. The van der Waals surface area contributed by atoms with Crippen molar-refractivity contribution in [3.63, 3.8) is 0 Å². The van der Waals surface area contributed by atoms with Crippen LogP contribution < -0.4 is 10.6 Å². The third-order valence-corrected chi connectivity index (χ3v) is 4.08. The van der Waals surface area contributed by atoms with E-state index in [0.29, 0.717) is 17.7 Å². The quantitative estimate of drug-likeness (QED) is 0.730. The molecule has 3 aromatic carbocycles. The maximum Gasteiger partial charge on any atom is 0.258 e. The number of amides is 2. The second-order valence-electron chi connectivity index (χ2n) is 5.51. The number of nitrogens with one attached hydrogen (secondary N) is 2. The van der Waals surface area contributed by atoms with Crippen LogP contribution >= 0.6 is 0 Å². The largest absolute Gasteiger partial charge is 0.380 e. The molecule has 0 atom stereocenters. The molecule has 0 saturated heterocycles. The summed E-state index contributed by atoms with van der Waals surface area (Å²) in [6.07, 6.45) is 0. The van der Waals surface area contributed by atoms with Crippen molar-refractivity contribution in [2.75, 3.05) is 5.32 Å². The first-order chi connectivity index (χ1) is 11.2. The molecule has 0 fully saturated rings. The summed E-state index contributed by atoms with van der Waals surface area (Å²) in [5.74, 6) is -0.679. The molecule has 0 aliphatic carbocycles. The van der Waals surface area contributed by atoms with Crippen molar-refractivity contribution in [3.05, 3.63) is 77.4 Å². The highest BCUT2D eigenvalue weighted by Gasteiger charge is 2.25. The molecular formula is C19H14N2O2. The summed E-state index contributed by atoms with van der Waals surface area (Å²) in [6, 6.07) is 19.2. The van der Waals surface area contributed by atoms with Gasteiger partial charge in [-0.3, -0.25) is 14.9 Å². The van der Waals surface area contributed by atoms with Crippen molar-refractivity contribution in [2.45, 2.75) is 6.54 Å². The van der Waals surface area contributed by atoms with Crippen LogP contribution in [-0.2, 0) is 6.54 Å². The second kappa shape index (κ2) is 5.25. The molecule has 0 saturated carbocycles. The lowest BCUT2D eigenvalue weighted by molar-refractivity contribution is 0.0845. The number of hydrogen-bond donors (Lipinski definition) is 2. The molecule has 1 aliphatic heterocycles. The third kappa shape index (κ3) is 2.25. The number of imide groups is 1. The normalized spacial score (nSPS) is 13.0. The summed E-state index contributed by atoms with van der Waals surface area (Å²) in [5, 5.41) is 7.38. The number of hydrogen-bond acceptors (Lipinski definition) is 3. The molecule has 4 heteroatoms. The Labute approximate surface area is 133 Å². The Hall–Kier alpha value is -3.14. The average Bonchev–Trinajstić information content (AvgIpc) is 2.59. The molecule has 23 heavy (non-hydrogen) atoms. The lowest BCUT2D eigenvalue weighted by Gasteiger charge is -2.19. The van der Waals surface area contributed by atoms with E-state index in [0.717, 1.165) is 16.5 Å². The highest BCUT2D eigenvalue weighted by atomic mass is 16.2. The molecule has 1 aliphatic rings. The topological polar surface area (TPSA) is 58.2 Å². The fraction of sp³-hybridized carbons (Fsp3) is 0.0526. The number of rotatable bonds is 3. The Morgan fingerprint density at radius 2 is 1.52 bits per heavy atom. The zero-order valence-electron chi connectivity index (χ0n) is 12.3. The Bertz CT molecular complexity index is 913. The molecule has 0 unspecified atom stereocenters. The molecule has 112 valence electrons. The van der Waals surface area contributed by atoms with Crippen LogP contribution in [0.15, 0.2) is 60.7 Å². The van der Waals surface area contributed by atoms with Crippen molar-refractivity contribution < 1.29 is 9.59 Å². The maximum absolute atomic E-state index is 12.0. The fourth-order valence-electron chi connectivity index (χ4n) is 2.97. The zero-order chi connectivity index (χ0) is 15.8. The number of carbonyl (C=O) groups excluding carboxylic acids is 2. The van der Waals surface area contributed by atoms with Gasteiger partial charge in [-0.25, -0.2) is 0 Å². The Morgan fingerprint density at radius 3 is 2.30 bits per heavy atom. The summed E-state index contributed by atoms with van der Waals surface area (Å²) >= 11 is 0. The minimum Gasteiger partial charge on any atom is -0.380 e. The van der Waals surface area contributed by atoms with Gasteiger partial charge < -0.3 is 5.32 Å². The van der Waals surface area contributed by atoms with E-state index < -0.39 is 0 Å². The smallest absolute Gasteiger partial charge is 0.258 e. The van der Waals surface area contributed by atoms with E-state index in [9.17, 15) is 9.59 Å². The highest BCUT2D eigenvalue weighted by molar-refractivity contribution is 6.26. The molecule has 0 bridgehead atoms. The predicted molar refractivity (Wildman–Crippen MR) is 89.5 cm³/mol. The number of anilines is 1. The fourth-order valence-corrected chi connectivity index (χ4v) is 2.97. The van der Waals surface area contributed by atoms with Gasteiger partial charge in [0, 0.05) is 34.1 Å². The van der Waals surface area contributed by atoms with Gasteiger partial charge >= 0.3 is 0 Å². The van der Waals surface area contributed by atoms with Crippen LogP contribution in [0.1, 0.15) is 26.3 Å². The molecule has 0 aromatic heterocycles. The van der Waals surface area contributed by atoms with Crippen molar-refractivity contribution >= 4 is 28.3 Å². The Balaban J connectivity index is 1.80. The van der Waals surface area contributed by atoms with E-state index in [1.165, 1.54) is 5.56 Å². The SMILES string of the molecule is O=C1NC(=O)c2ccc(NCc3ccccc3)c3cccc1c23.